The number of hydrogen-bond acceptors (Lipinski definition) is 6. The third-order valence-corrected chi connectivity index (χ3v) is 4.60. The SMILES string of the molecule is O=C(OCCCCN1C(=O)c2ccccc2C1=O)c1cc([N+](=O)[O-])ccc1Cl. The highest BCUT2D eigenvalue weighted by Crippen LogP contribution is 2.24. The Labute approximate surface area is 164 Å². The number of nitrogens with zero attached hydrogens (tertiary/aromatic N) is 2. The molecule has 0 saturated heterocycles. The lowest BCUT2D eigenvalue weighted by Gasteiger charge is -2.13. The highest BCUT2D eigenvalue weighted by atomic mass is 35.5. The van der Waals surface area contributed by atoms with Gasteiger partial charge in [0.15, 0.2) is 0 Å². The van der Waals surface area contributed by atoms with Gasteiger partial charge in [0, 0.05) is 18.7 Å². The molecule has 1 aliphatic heterocycles. The molecule has 0 saturated carbocycles. The van der Waals surface area contributed by atoms with Crippen molar-refractivity contribution in [2.24, 2.45) is 0 Å². The van der Waals surface area contributed by atoms with Crippen molar-refractivity contribution in [3.8, 4) is 0 Å². The lowest BCUT2D eigenvalue weighted by Crippen LogP contribution is -2.30. The average Bonchev–Trinajstić information content (AvgIpc) is 2.92. The minimum atomic E-state index is -0.769. The second-order valence-corrected chi connectivity index (χ2v) is 6.48. The summed E-state index contributed by atoms with van der Waals surface area (Å²) in [5.74, 6) is -1.43. The van der Waals surface area contributed by atoms with Gasteiger partial charge in [-0.1, -0.05) is 23.7 Å². The summed E-state index contributed by atoms with van der Waals surface area (Å²) >= 11 is 5.89. The van der Waals surface area contributed by atoms with Crippen LogP contribution in [-0.2, 0) is 4.74 Å². The van der Waals surface area contributed by atoms with Gasteiger partial charge in [-0.25, -0.2) is 4.79 Å². The molecule has 0 aliphatic carbocycles. The number of amides is 2. The molecule has 0 aromatic heterocycles. The largest absolute Gasteiger partial charge is 0.462 e. The van der Waals surface area contributed by atoms with Gasteiger partial charge in [-0.15, -0.1) is 0 Å². The highest BCUT2D eigenvalue weighted by Gasteiger charge is 2.34. The molecule has 1 heterocycles. The van der Waals surface area contributed by atoms with E-state index in [1.54, 1.807) is 24.3 Å². The fourth-order valence-electron chi connectivity index (χ4n) is 2.84. The summed E-state index contributed by atoms with van der Waals surface area (Å²) in [7, 11) is 0. The number of unbranched alkanes of at least 4 members (excludes halogenated alkanes) is 1. The molecule has 0 atom stereocenters. The number of esters is 1. The van der Waals surface area contributed by atoms with E-state index in [1.165, 1.54) is 17.0 Å². The van der Waals surface area contributed by atoms with Crippen molar-refractivity contribution in [1.82, 2.24) is 4.90 Å². The summed E-state index contributed by atoms with van der Waals surface area (Å²) in [5.41, 5.74) is 0.427. The van der Waals surface area contributed by atoms with Gasteiger partial charge in [0.1, 0.15) is 0 Å². The number of benzene rings is 2. The Morgan fingerprint density at radius 3 is 2.32 bits per heavy atom. The van der Waals surface area contributed by atoms with Gasteiger partial charge in [0.05, 0.1) is 33.2 Å². The van der Waals surface area contributed by atoms with E-state index in [0.29, 0.717) is 24.0 Å². The van der Waals surface area contributed by atoms with Crippen molar-refractivity contribution < 1.29 is 24.0 Å². The van der Waals surface area contributed by atoms with Crippen LogP contribution in [0.15, 0.2) is 42.5 Å². The zero-order valence-electron chi connectivity index (χ0n) is 14.6. The first-order chi connectivity index (χ1) is 13.4. The van der Waals surface area contributed by atoms with Crippen molar-refractivity contribution in [2.75, 3.05) is 13.2 Å². The van der Waals surface area contributed by atoms with Gasteiger partial charge >= 0.3 is 5.97 Å². The van der Waals surface area contributed by atoms with E-state index in [0.717, 1.165) is 6.07 Å². The van der Waals surface area contributed by atoms with Crippen LogP contribution in [0, 0.1) is 10.1 Å². The molecule has 0 unspecified atom stereocenters. The fraction of sp³-hybridized carbons (Fsp3) is 0.211. The summed E-state index contributed by atoms with van der Waals surface area (Å²) in [6.45, 7) is 0.239. The van der Waals surface area contributed by atoms with Gasteiger partial charge in [-0.2, -0.15) is 0 Å². The molecule has 9 heteroatoms. The van der Waals surface area contributed by atoms with E-state index < -0.39 is 10.9 Å². The number of nitro benzene ring substituents is 1. The number of halogens is 1. The Bertz CT molecular complexity index is 940. The molecule has 8 nitrogen and oxygen atoms in total. The van der Waals surface area contributed by atoms with Crippen LogP contribution in [0.4, 0.5) is 5.69 Å². The second kappa shape index (κ2) is 8.18. The van der Waals surface area contributed by atoms with Crippen molar-refractivity contribution in [3.63, 3.8) is 0 Å². The zero-order valence-corrected chi connectivity index (χ0v) is 15.3. The second-order valence-electron chi connectivity index (χ2n) is 6.07. The normalized spacial score (nSPS) is 12.8. The van der Waals surface area contributed by atoms with Gasteiger partial charge < -0.3 is 4.74 Å². The molecule has 2 aromatic carbocycles. The van der Waals surface area contributed by atoms with Crippen LogP contribution in [0.2, 0.25) is 5.02 Å². The number of non-ortho nitro benzene ring substituents is 1. The third kappa shape index (κ3) is 3.86. The maximum atomic E-state index is 12.2. The van der Waals surface area contributed by atoms with Crippen LogP contribution in [-0.4, -0.2) is 40.8 Å². The third-order valence-electron chi connectivity index (χ3n) is 4.27. The van der Waals surface area contributed by atoms with Crippen LogP contribution in [0.25, 0.3) is 0 Å². The maximum Gasteiger partial charge on any atom is 0.339 e. The predicted octanol–water partition coefficient (Wildman–Crippen LogP) is 3.48. The summed E-state index contributed by atoms with van der Waals surface area (Å²) in [6, 6.07) is 10.1. The lowest BCUT2D eigenvalue weighted by molar-refractivity contribution is -0.384. The van der Waals surface area contributed by atoms with Crippen LogP contribution in [0.5, 0.6) is 0 Å². The molecule has 2 aromatic rings. The number of hydrogen-bond donors (Lipinski definition) is 0. The lowest BCUT2D eigenvalue weighted by atomic mass is 10.1. The minimum absolute atomic E-state index is 0.0288. The number of imide groups is 1. The Morgan fingerprint density at radius 1 is 1.07 bits per heavy atom. The number of carbonyl (C=O) groups excluding carboxylic acids is 3. The smallest absolute Gasteiger partial charge is 0.339 e. The van der Waals surface area contributed by atoms with Gasteiger partial charge in [-0.05, 0) is 31.0 Å². The molecule has 28 heavy (non-hydrogen) atoms. The van der Waals surface area contributed by atoms with Gasteiger partial charge in [0.2, 0.25) is 0 Å². The van der Waals surface area contributed by atoms with Crippen molar-refractivity contribution in [3.05, 3.63) is 74.3 Å². The Balaban J connectivity index is 1.49. The average molecular weight is 403 g/mol. The first kappa shape index (κ1) is 19.5. The standard InChI is InChI=1S/C19H15ClN2O6/c20-16-8-7-12(22(26)27)11-15(16)19(25)28-10-4-3-9-21-17(23)13-5-1-2-6-14(13)18(21)24/h1-2,5-8,11H,3-4,9-10H2. The van der Waals surface area contributed by atoms with Crippen LogP contribution < -0.4 is 0 Å². The Kier molecular flexibility index (Phi) is 5.70. The van der Waals surface area contributed by atoms with Gasteiger partial charge in [-0.3, -0.25) is 24.6 Å². The molecule has 0 radical (unpaired) electrons. The Morgan fingerprint density at radius 2 is 1.71 bits per heavy atom. The van der Waals surface area contributed by atoms with Crippen LogP contribution >= 0.6 is 11.6 Å². The fourth-order valence-corrected chi connectivity index (χ4v) is 3.03. The molecule has 0 fully saturated rings. The molecule has 0 spiro atoms. The van der Waals surface area contributed by atoms with E-state index in [-0.39, 0.29) is 41.2 Å². The number of rotatable bonds is 7. The highest BCUT2D eigenvalue weighted by molar-refractivity contribution is 6.33. The molecule has 0 N–H and O–H groups in total. The monoisotopic (exact) mass is 402 g/mol. The minimum Gasteiger partial charge on any atom is -0.462 e. The first-order valence-electron chi connectivity index (χ1n) is 8.46. The zero-order chi connectivity index (χ0) is 20.3. The van der Waals surface area contributed by atoms with E-state index in [1.807, 2.05) is 0 Å². The van der Waals surface area contributed by atoms with Crippen molar-refractivity contribution >= 4 is 35.1 Å². The quantitative estimate of drug-likeness (QED) is 0.231. The van der Waals surface area contributed by atoms with Crippen molar-refractivity contribution in [2.45, 2.75) is 12.8 Å². The topological polar surface area (TPSA) is 107 Å². The van der Waals surface area contributed by atoms with Gasteiger partial charge in [0.25, 0.3) is 17.5 Å². The predicted molar refractivity (Wildman–Crippen MR) is 99.4 cm³/mol. The molecule has 1 aliphatic rings. The Hall–Kier alpha value is -3.26. The summed E-state index contributed by atoms with van der Waals surface area (Å²) in [6.07, 6.45) is 0.854. The molecular weight excluding hydrogens is 388 g/mol. The summed E-state index contributed by atoms with van der Waals surface area (Å²) in [5, 5.41) is 10.9. The van der Waals surface area contributed by atoms with E-state index in [9.17, 15) is 24.5 Å². The summed E-state index contributed by atoms with van der Waals surface area (Å²) < 4.78 is 5.09. The molecule has 0 bridgehead atoms. The summed E-state index contributed by atoms with van der Waals surface area (Å²) in [4.78, 5) is 47.9. The number of ether oxygens (including phenoxy) is 1. The van der Waals surface area contributed by atoms with E-state index in [4.69, 9.17) is 16.3 Å². The maximum absolute atomic E-state index is 12.2. The van der Waals surface area contributed by atoms with E-state index in [2.05, 4.69) is 0 Å². The van der Waals surface area contributed by atoms with Crippen molar-refractivity contribution in [1.29, 1.82) is 0 Å². The molecule has 3 rings (SSSR count). The number of nitro groups is 1. The molecular formula is C19H15ClN2O6. The first-order valence-corrected chi connectivity index (χ1v) is 8.84. The molecule has 2 amide bonds. The number of fused-ring (bicyclic) bond motifs is 1. The van der Waals surface area contributed by atoms with E-state index >= 15 is 0 Å². The molecule has 144 valence electrons. The van der Waals surface area contributed by atoms with Crippen LogP contribution in [0.3, 0.4) is 0 Å². The van der Waals surface area contributed by atoms with Crippen LogP contribution in [0.1, 0.15) is 43.9 Å². The number of carbonyl (C=O) groups is 3.